The molecule has 0 aliphatic heterocycles. The quantitative estimate of drug-likeness (QED) is 0.415. The van der Waals surface area contributed by atoms with Crippen LogP contribution in [0.25, 0.3) is 0 Å². The number of nitrogens with one attached hydrogen (secondary N) is 1. The third-order valence-corrected chi connectivity index (χ3v) is 0.854. The van der Waals surface area contributed by atoms with Gasteiger partial charge in [-0.15, -0.1) is 0 Å². The monoisotopic (exact) mass is 163 g/mol. The first-order chi connectivity index (χ1) is 4.41. The Morgan fingerprint density at radius 2 is 1.33 bits per heavy atom. The second-order valence-corrected chi connectivity index (χ2v) is 1.75. The number of hydrogen-bond donors (Lipinski definition) is 1. The van der Waals surface area contributed by atoms with Gasteiger partial charge in [0.2, 0.25) is 0 Å². The van der Waals surface area contributed by atoms with Gasteiger partial charge in [-0.05, 0) is 45.5 Å². The van der Waals surface area contributed by atoms with Crippen LogP contribution in [0.2, 0.25) is 0 Å². The first-order valence-electron chi connectivity index (χ1n) is 4.12. The molecule has 9 heavy (non-hydrogen) atoms. The van der Waals surface area contributed by atoms with Crippen LogP contribution in [0.5, 0.6) is 0 Å². The van der Waals surface area contributed by atoms with E-state index >= 15 is 0 Å². The molecule has 0 fully saturated rings. The van der Waals surface area contributed by atoms with E-state index in [1.54, 1.807) is 0 Å². The minimum Gasteiger partial charge on any atom is -0.317 e. The maximum Gasteiger partial charge on any atom is -0.00516 e. The lowest BCUT2D eigenvalue weighted by Gasteiger charge is -1.95. The van der Waals surface area contributed by atoms with Crippen molar-refractivity contribution in [2.75, 3.05) is 13.1 Å². The molecule has 0 radical (unpaired) electrons. The van der Waals surface area contributed by atoms with Gasteiger partial charge >= 0.3 is 0 Å². The normalized spacial score (nSPS) is 8.67. The molecule has 0 saturated carbocycles. The van der Waals surface area contributed by atoms with E-state index in [9.17, 15) is 0 Å². The van der Waals surface area contributed by atoms with E-state index in [0.717, 1.165) is 0 Å². The summed E-state index contributed by atoms with van der Waals surface area (Å²) in [6.45, 7) is 6.72. The van der Waals surface area contributed by atoms with Crippen LogP contribution >= 0.6 is 0 Å². The summed E-state index contributed by atoms with van der Waals surface area (Å²) in [5, 5.41) is 3.28. The van der Waals surface area contributed by atoms with Crippen LogP contribution in [-0.4, -0.2) is 32.6 Å². The van der Waals surface area contributed by atoms with Crippen LogP contribution in [0.4, 0.5) is 0 Å². The Balaban J connectivity index is 0. The average Bonchev–Trinajstić information content (AvgIpc) is 1.94. The Labute approximate surface area is 65.3 Å². The van der Waals surface area contributed by atoms with Crippen molar-refractivity contribution >= 4 is 19.5 Å². The largest absolute Gasteiger partial charge is 0.317 e. The van der Waals surface area contributed by atoms with Crippen molar-refractivity contribution in [1.29, 1.82) is 0 Å². The molecular weight excluding hydrogens is 142 g/mol. The van der Waals surface area contributed by atoms with Crippen molar-refractivity contribution in [2.24, 2.45) is 0 Å². The molecule has 0 aromatic carbocycles. The summed E-state index contributed by atoms with van der Waals surface area (Å²) >= 11 is 0. The fourth-order valence-corrected chi connectivity index (χ4v) is 0.479. The lowest BCUT2D eigenvalue weighted by Crippen LogP contribution is -2.14. The third-order valence-electron chi connectivity index (χ3n) is 0.854. The smallest absolute Gasteiger partial charge is 0.00516 e. The SMILES string of the molecule is CCCNCCC.[SiH3][SiH3]. The molecule has 1 N–H and O–H groups in total. The zero-order valence-corrected chi connectivity index (χ0v) is 11.3. The zero-order valence-electron chi connectivity index (χ0n) is 7.33. The van der Waals surface area contributed by atoms with Gasteiger partial charge in [-0.1, -0.05) is 13.8 Å². The van der Waals surface area contributed by atoms with E-state index in [2.05, 4.69) is 19.2 Å². The molecule has 0 heterocycles. The molecule has 0 amide bonds. The highest BCUT2D eigenvalue weighted by Gasteiger charge is 1.76. The molecule has 0 aliphatic rings. The second kappa shape index (κ2) is 15.8. The first-order valence-corrected chi connectivity index (χ1v) is 12.1. The first kappa shape index (κ1) is 12.1. The fourth-order valence-electron chi connectivity index (χ4n) is 0.479. The van der Waals surface area contributed by atoms with Crippen LogP contribution in [0.3, 0.4) is 0 Å². The summed E-state index contributed by atoms with van der Waals surface area (Å²) < 4.78 is 0. The molecule has 0 aromatic heterocycles. The Morgan fingerprint density at radius 3 is 1.56 bits per heavy atom. The maximum absolute atomic E-state index is 3.28. The predicted molar refractivity (Wildman–Crippen MR) is 53.3 cm³/mol. The zero-order chi connectivity index (χ0) is 7.54. The van der Waals surface area contributed by atoms with Gasteiger partial charge in [0.15, 0.2) is 0 Å². The Kier molecular flexibility index (Phi) is 21.2. The van der Waals surface area contributed by atoms with Crippen LogP contribution in [0.1, 0.15) is 26.7 Å². The van der Waals surface area contributed by atoms with Crippen LogP contribution in [0, 0.1) is 0 Å². The second-order valence-electron chi connectivity index (χ2n) is 1.75. The molecule has 0 unspecified atom stereocenters. The van der Waals surface area contributed by atoms with E-state index in [4.69, 9.17) is 0 Å². The minimum absolute atomic E-state index is 1.17. The molecule has 0 rings (SSSR count). The maximum atomic E-state index is 3.28. The predicted octanol–water partition coefficient (Wildman–Crippen LogP) is -0.972. The third kappa shape index (κ3) is 17.8. The van der Waals surface area contributed by atoms with Crippen LogP contribution in [0.15, 0.2) is 0 Å². The summed E-state index contributed by atoms with van der Waals surface area (Å²) in [4.78, 5) is 0. The molecule has 0 saturated heterocycles. The van der Waals surface area contributed by atoms with Gasteiger partial charge in [-0.2, -0.15) is 0 Å². The van der Waals surface area contributed by atoms with Crippen LogP contribution in [-0.2, 0) is 0 Å². The molecule has 58 valence electrons. The van der Waals surface area contributed by atoms with Crippen LogP contribution < -0.4 is 5.32 Å². The molecule has 0 aromatic rings. The van der Waals surface area contributed by atoms with Gasteiger partial charge in [0, 0.05) is 0 Å². The molecule has 0 bridgehead atoms. The van der Waals surface area contributed by atoms with Crippen molar-refractivity contribution in [1.82, 2.24) is 5.32 Å². The van der Waals surface area contributed by atoms with E-state index < -0.39 is 0 Å². The summed E-state index contributed by atoms with van der Waals surface area (Å²) in [5.74, 6) is 0. The lowest BCUT2D eigenvalue weighted by molar-refractivity contribution is 0.662. The van der Waals surface area contributed by atoms with E-state index in [1.807, 2.05) is 0 Å². The van der Waals surface area contributed by atoms with Crippen molar-refractivity contribution < 1.29 is 0 Å². The van der Waals surface area contributed by atoms with E-state index in [0.29, 0.717) is 0 Å². The van der Waals surface area contributed by atoms with Crippen molar-refractivity contribution in [3.63, 3.8) is 0 Å². The summed E-state index contributed by atoms with van der Waals surface area (Å²) in [7, 11) is 2.89. The van der Waals surface area contributed by atoms with Crippen molar-refractivity contribution in [3.05, 3.63) is 0 Å². The number of hydrogen-bond acceptors (Lipinski definition) is 1. The minimum atomic E-state index is 1.17. The Morgan fingerprint density at radius 1 is 1.00 bits per heavy atom. The summed E-state index contributed by atoms with van der Waals surface area (Å²) in [6.07, 6.45) is 2.50. The number of rotatable bonds is 4. The van der Waals surface area contributed by atoms with Gasteiger partial charge in [0.05, 0.1) is 0 Å². The molecule has 3 heteroatoms. The highest BCUT2D eigenvalue weighted by atomic mass is 29.1. The van der Waals surface area contributed by atoms with Gasteiger partial charge in [-0.3, -0.25) is 0 Å². The molecule has 0 aliphatic carbocycles. The summed E-state index contributed by atoms with van der Waals surface area (Å²) in [5.41, 5.74) is 0. The molecule has 1 nitrogen and oxygen atoms in total. The van der Waals surface area contributed by atoms with Gasteiger partial charge in [0.1, 0.15) is 0 Å². The van der Waals surface area contributed by atoms with Gasteiger partial charge in [-0.25, -0.2) is 0 Å². The van der Waals surface area contributed by atoms with Gasteiger partial charge in [0.25, 0.3) is 0 Å². The molecule has 0 atom stereocenters. The highest BCUT2D eigenvalue weighted by molar-refractivity contribution is 6.75. The van der Waals surface area contributed by atoms with E-state index in [-0.39, 0.29) is 0 Å². The Hall–Kier alpha value is 0.394. The van der Waals surface area contributed by atoms with Gasteiger partial charge < -0.3 is 5.32 Å². The highest BCUT2D eigenvalue weighted by Crippen LogP contribution is 1.71. The topological polar surface area (TPSA) is 12.0 Å². The van der Waals surface area contributed by atoms with E-state index in [1.165, 1.54) is 45.5 Å². The summed E-state index contributed by atoms with van der Waals surface area (Å²) in [6, 6.07) is 0. The fraction of sp³-hybridized carbons (Fsp3) is 1.00. The molecule has 0 spiro atoms. The molecular formula is C6H21NSi2. The van der Waals surface area contributed by atoms with Crippen molar-refractivity contribution in [2.45, 2.75) is 26.7 Å². The van der Waals surface area contributed by atoms with Crippen molar-refractivity contribution in [3.8, 4) is 0 Å². The lowest BCUT2D eigenvalue weighted by atomic mass is 10.4. The Bertz CT molecular complexity index is 30.2. The average molecular weight is 163 g/mol. The standard InChI is InChI=1S/C6H15N.H6Si2/c1-3-5-7-6-4-2;1-2/h7H,3-6H2,1-2H3;1-2H3.